The molecule has 2 aromatic rings. The maximum Gasteiger partial charge on any atom is 0.107 e. The summed E-state index contributed by atoms with van der Waals surface area (Å²) in [5.74, 6) is 1.58. The predicted molar refractivity (Wildman–Crippen MR) is 78.4 cm³/mol. The second kappa shape index (κ2) is 5.77. The minimum atomic E-state index is -0.967. The van der Waals surface area contributed by atoms with Crippen LogP contribution in [0, 0.1) is 13.8 Å². The van der Waals surface area contributed by atoms with Gasteiger partial charge in [0.2, 0.25) is 0 Å². The van der Waals surface area contributed by atoms with Gasteiger partial charge in [0, 0.05) is 24.3 Å². The fourth-order valence-corrected chi connectivity index (χ4v) is 2.35. The minimum Gasteiger partial charge on any atom is -0.466 e. The van der Waals surface area contributed by atoms with Crippen LogP contribution in [-0.2, 0) is 5.60 Å². The molecule has 0 saturated carbocycles. The van der Waals surface area contributed by atoms with Crippen LogP contribution in [0.4, 0.5) is 0 Å². The van der Waals surface area contributed by atoms with Crippen molar-refractivity contribution < 1.29 is 9.52 Å². The first-order valence-electron chi connectivity index (χ1n) is 6.84. The van der Waals surface area contributed by atoms with E-state index in [-0.39, 0.29) is 6.04 Å². The van der Waals surface area contributed by atoms with Gasteiger partial charge in [-0.05, 0) is 45.9 Å². The van der Waals surface area contributed by atoms with E-state index in [2.05, 4.69) is 10.3 Å². The molecule has 2 N–H and O–H groups in total. The van der Waals surface area contributed by atoms with Crippen molar-refractivity contribution in [3.8, 4) is 0 Å². The van der Waals surface area contributed by atoms with Crippen molar-refractivity contribution in [3.63, 3.8) is 0 Å². The lowest BCUT2D eigenvalue weighted by atomic mass is 9.96. The summed E-state index contributed by atoms with van der Waals surface area (Å²) >= 11 is 0. The Balaban J connectivity index is 2.04. The zero-order chi connectivity index (χ0) is 14.8. The topological polar surface area (TPSA) is 58.3 Å². The van der Waals surface area contributed by atoms with E-state index in [4.69, 9.17) is 4.42 Å². The van der Waals surface area contributed by atoms with E-state index in [1.807, 2.05) is 45.0 Å². The summed E-state index contributed by atoms with van der Waals surface area (Å²) in [5.41, 5.74) is 0.823. The zero-order valence-corrected chi connectivity index (χ0v) is 12.5. The van der Waals surface area contributed by atoms with Gasteiger partial charge in [-0.25, -0.2) is 0 Å². The van der Waals surface area contributed by atoms with Crippen LogP contribution < -0.4 is 5.32 Å². The van der Waals surface area contributed by atoms with Gasteiger partial charge < -0.3 is 14.8 Å². The summed E-state index contributed by atoms with van der Waals surface area (Å²) in [6.07, 6.45) is 1.77. The van der Waals surface area contributed by atoms with E-state index in [0.29, 0.717) is 6.54 Å². The number of nitrogens with one attached hydrogen (secondary N) is 1. The molecule has 20 heavy (non-hydrogen) atoms. The van der Waals surface area contributed by atoms with Crippen LogP contribution in [0.15, 0.2) is 34.9 Å². The van der Waals surface area contributed by atoms with E-state index in [1.165, 1.54) is 0 Å². The van der Waals surface area contributed by atoms with E-state index in [1.54, 1.807) is 13.1 Å². The molecule has 108 valence electrons. The van der Waals surface area contributed by atoms with Gasteiger partial charge in [-0.15, -0.1) is 0 Å². The smallest absolute Gasteiger partial charge is 0.107 e. The SMILES string of the molecule is Cc1cc(C(C)(O)CNC(C)c2ccccn2)c(C)o1. The molecule has 0 fully saturated rings. The molecule has 0 radical (unpaired) electrons. The van der Waals surface area contributed by atoms with Gasteiger partial charge in [-0.2, -0.15) is 0 Å². The molecule has 4 heteroatoms. The highest BCUT2D eigenvalue weighted by Gasteiger charge is 2.28. The lowest BCUT2D eigenvalue weighted by Crippen LogP contribution is -2.37. The maximum atomic E-state index is 10.6. The molecule has 2 atom stereocenters. The number of aliphatic hydroxyl groups is 1. The highest BCUT2D eigenvalue weighted by atomic mass is 16.3. The van der Waals surface area contributed by atoms with Crippen LogP contribution in [0.5, 0.6) is 0 Å². The number of nitrogens with zero attached hydrogens (tertiary/aromatic N) is 1. The maximum absolute atomic E-state index is 10.6. The Morgan fingerprint density at radius 1 is 1.40 bits per heavy atom. The number of hydrogen-bond acceptors (Lipinski definition) is 4. The second-order valence-corrected chi connectivity index (χ2v) is 5.46. The molecule has 0 saturated heterocycles. The Morgan fingerprint density at radius 3 is 2.70 bits per heavy atom. The summed E-state index contributed by atoms with van der Waals surface area (Å²) in [4.78, 5) is 4.31. The first-order valence-corrected chi connectivity index (χ1v) is 6.84. The van der Waals surface area contributed by atoms with Crippen LogP contribution in [0.25, 0.3) is 0 Å². The summed E-state index contributed by atoms with van der Waals surface area (Å²) in [6, 6.07) is 7.80. The minimum absolute atomic E-state index is 0.0796. The van der Waals surface area contributed by atoms with E-state index >= 15 is 0 Å². The fraction of sp³-hybridized carbons (Fsp3) is 0.438. The molecular weight excluding hydrogens is 252 g/mol. The molecule has 0 aromatic carbocycles. The summed E-state index contributed by atoms with van der Waals surface area (Å²) in [5, 5.41) is 14.0. The molecule has 2 unspecified atom stereocenters. The highest BCUT2D eigenvalue weighted by molar-refractivity contribution is 5.27. The molecule has 0 spiro atoms. The second-order valence-electron chi connectivity index (χ2n) is 5.46. The number of rotatable bonds is 5. The van der Waals surface area contributed by atoms with Gasteiger partial charge in [0.15, 0.2) is 0 Å². The molecule has 0 aliphatic rings. The van der Waals surface area contributed by atoms with Crippen LogP contribution in [0.1, 0.15) is 42.7 Å². The standard InChI is InChI=1S/C16H22N2O2/c1-11-9-14(13(3)20-11)16(4,19)10-18-12(2)15-7-5-6-8-17-15/h5-9,12,18-19H,10H2,1-4H3. The van der Waals surface area contributed by atoms with Gasteiger partial charge in [0.25, 0.3) is 0 Å². The summed E-state index contributed by atoms with van der Waals surface area (Å²) in [6.45, 7) is 8.02. The van der Waals surface area contributed by atoms with Gasteiger partial charge in [-0.3, -0.25) is 4.98 Å². The molecule has 0 amide bonds. The number of furan rings is 1. The van der Waals surface area contributed by atoms with Crippen LogP contribution in [-0.4, -0.2) is 16.6 Å². The van der Waals surface area contributed by atoms with Crippen molar-refractivity contribution >= 4 is 0 Å². The molecule has 2 rings (SSSR count). The third-order valence-electron chi connectivity index (χ3n) is 3.51. The monoisotopic (exact) mass is 274 g/mol. The van der Waals surface area contributed by atoms with Gasteiger partial charge in [0.1, 0.15) is 17.1 Å². The lowest BCUT2D eigenvalue weighted by molar-refractivity contribution is 0.0528. The first-order chi connectivity index (χ1) is 9.40. The third-order valence-corrected chi connectivity index (χ3v) is 3.51. The van der Waals surface area contributed by atoms with Gasteiger partial charge in [-0.1, -0.05) is 6.07 Å². The number of pyridine rings is 1. The molecule has 2 heterocycles. The van der Waals surface area contributed by atoms with Crippen molar-refractivity contribution in [2.45, 2.75) is 39.3 Å². The van der Waals surface area contributed by atoms with E-state index in [0.717, 1.165) is 22.8 Å². The van der Waals surface area contributed by atoms with Gasteiger partial charge >= 0.3 is 0 Å². The number of hydrogen-bond donors (Lipinski definition) is 2. The number of aromatic nitrogens is 1. The average molecular weight is 274 g/mol. The Kier molecular flexibility index (Phi) is 4.26. The molecule has 0 bridgehead atoms. The average Bonchev–Trinajstić information content (AvgIpc) is 2.77. The van der Waals surface area contributed by atoms with Crippen molar-refractivity contribution in [2.24, 2.45) is 0 Å². The van der Waals surface area contributed by atoms with E-state index in [9.17, 15) is 5.11 Å². The van der Waals surface area contributed by atoms with Crippen LogP contribution in [0.2, 0.25) is 0 Å². The first kappa shape index (κ1) is 14.8. The summed E-state index contributed by atoms with van der Waals surface area (Å²) < 4.78 is 5.49. The van der Waals surface area contributed by atoms with Crippen molar-refractivity contribution in [2.75, 3.05) is 6.54 Å². The highest BCUT2D eigenvalue weighted by Crippen LogP contribution is 2.27. The summed E-state index contributed by atoms with van der Waals surface area (Å²) in [7, 11) is 0. The number of aryl methyl sites for hydroxylation is 2. The lowest BCUT2D eigenvalue weighted by Gasteiger charge is -2.25. The quantitative estimate of drug-likeness (QED) is 0.880. The van der Waals surface area contributed by atoms with Crippen molar-refractivity contribution in [1.82, 2.24) is 10.3 Å². The Labute approximate surface area is 119 Å². The fourth-order valence-electron chi connectivity index (χ4n) is 2.35. The Morgan fingerprint density at radius 2 is 2.15 bits per heavy atom. The van der Waals surface area contributed by atoms with Crippen molar-refractivity contribution in [3.05, 3.63) is 53.2 Å². The molecule has 4 nitrogen and oxygen atoms in total. The van der Waals surface area contributed by atoms with Gasteiger partial charge in [0.05, 0.1) is 5.69 Å². The zero-order valence-electron chi connectivity index (χ0n) is 12.5. The predicted octanol–water partition coefficient (Wildman–Crippen LogP) is 2.85. The third kappa shape index (κ3) is 3.26. The normalized spacial score (nSPS) is 15.8. The molecule has 0 aliphatic heterocycles. The van der Waals surface area contributed by atoms with Crippen LogP contribution >= 0.6 is 0 Å². The van der Waals surface area contributed by atoms with Crippen molar-refractivity contribution in [1.29, 1.82) is 0 Å². The Bertz CT molecular complexity index is 561. The molecular formula is C16H22N2O2. The largest absolute Gasteiger partial charge is 0.466 e. The molecule has 0 aliphatic carbocycles. The molecule has 2 aromatic heterocycles. The van der Waals surface area contributed by atoms with Crippen LogP contribution in [0.3, 0.4) is 0 Å². The van der Waals surface area contributed by atoms with E-state index < -0.39 is 5.60 Å². The Hall–Kier alpha value is -1.65.